The standard InChI is InChI=1S/C14H23BrN2O2/c1-5-6-12(9-19-4)16-14(18)13-7-11(15)8-17(13)10(2)3/h7-8,10,12H,5-6,9H2,1-4H3,(H,16,18). The zero-order chi connectivity index (χ0) is 14.4. The largest absolute Gasteiger partial charge is 0.383 e. The molecular formula is C14H23BrN2O2. The lowest BCUT2D eigenvalue weighted by atomic mass is 10.1. The van der Waals surface area contributed by atoms with Gasteiger partial charge in [-0.15, -0.1) is 0 Å². The summed E-state index contributed by atoms with van der Waals surface area (Å²) < 4.78 is 8.03. The molecule has 0 aliphatic rings. The number of rotatable bonds is 7. The van der Waals surface area contributed by atoms with Crippen molar-refractivity contribution >= 4 is 21.8 Å². The summed E-state index contributed by atoms with van der Waals surface area (Å²) >= 11 is 3.42. The van der Waals surface area contributed by atoms with E-state index in [1.807, 2.05) is 16.8 Å². The highest BCUT2D eigenvalue weighted by Crippen LogP contribution is 2.19. The third kappa shape index (κ3) is 4.66. The molecule has 1 unspecified atom stereocenters. The van der Waals surface area contributed by atoms with E-state index in [0.717, 1.165) is 17.3 Å². The van der Waals surface area contributed by atoms with Crippen LogP contribution in [0.2, 0.25) is 0 Å². The summed E-state index contributed by atoms with van der Waals surface area (Å²) in [6.07, 6.45) is 3.87. The molecule has 0 radical (unpaired) electrons. The summed E-state index contributed by atoms with van der Waals surface area (Å²) in [7, 11) is 1.65. The summed E-state index contributed by atoms with van der Waals surface area (Å²) in [4.78, 5) is 12.3. The van der Waals surface area contributed by atoms with E-state index in [4.69, 9.17) is 4.74 Å². The predicted octanol–water partition coefficient (Wildman–Crippen LogP) is 3.38. The maximum absolute atomic E-state index is 12.3. The summed E-state index contributed by atoms with van der Waals surface area (Å²) in [6.45, 7) is 6.76. The maximum atomic E-state index is 12.3. The van der Waals surface area contributed by atoms with E-state index < -0.39 is 0 Å². The lowest BCUT2D eigenvalue weighted by Crippen LogP contribution is -2.38. The summed E-state index contributed by atoms with van der Waals surface area (Å²) in [5.74, 6) is -0.0464. The number of halogens is 1. The number of carbonyl (C=O) groups excluding carboxylic acids is 1. The van der Waals surface area contributed by atoms with Gasteiger partial charge >= 0.3 is 0 Å². The monoisotopic (exact) mass is 330 g/mol. The number of carbonyl (C=O) groups is 1. The number of aromatic nitrogens is 1. The van der Waals surface area contributed by atoms with Crippen LogP contribution in [-0.4, -0.2) is 30.2 Å². The van der Waals surface area contributed by atoms with Crippen molar-refractivity contribution in [3.63, 3.8) is 0 Å². The van der Waals surface area contributed by atoms with Crippen LogP contribution in [0.1, 0.15) is 50.1 Å². The molecule has 0 aliphatic heterocycles. The third-order valence-electron chi connectivity index (χ3n) is 2.94. The zero-order valence-electron chi connectivity index (χ0n) is 12.1. The van der Waals surface area contributed by atoms with Gasteiger partial charge in [0.1, 0.15) is 5.69 Å². The Balaban J connectivity index is 2.81. The average molecular weight is 331 g/mol. The van der Waals surface area contributed by atoms with Gasteiger partial charge in [-0.2, -0.15) is 0 Å². The lowest BCUT2D eigenvalue weighted by molar-refractivity contribution is 0.0881. The Kier molecular flexibility index (Phi) is 6.58. The van der Waals surface area contributed by atoms with Gasteiger partial charge in [0.15, 0.2) is 0 Å². The first kappa shape index (κ1) is 16.2. The molecule has 0 aliphatic carbocycles. The fourth-order valence-electron chi connectivity index (χ4n) is 2.06. The van der Waals surface area contributed by atoms with Gasteiger partial charge in [0.05, 0.1) is 12.6 Å². The zero-order valence-corrected chi connectivity index (χ0v) is 13.7. The molecule has 0 saturated heterocycles. The number of hydrogen-bond acceptors (Lipinski definition) is 2. The van der Waals surface area contributed by atoms with Crippen molar-refractivity contribution in [2.45, 2.75) is 45.7 Å². The number of hydrogen-bond donors (Lipinski definition) is 1. The van der Waals surface area contributed by atoms with Crippen molar-refractivity contribution in [2.75, 3.05) is 13.7 Å². The molecule has 5 heteroatoms. The Morgan fingerprint density at radius 3 is 2.74 bits per heavy atom. The van der Waals surface area contributed by atoms with Gasteiger partial charge in [-0.05, 0) is 42.3 Å². The van der Waals surface area contributed by atoms with Crippen LogP contribution in [0.4, 0.5) is 0 Å². The molecule has 19 heavy (non-hydrogen) atoms. The molecule has 0 aromatic carbocycles. The number of ether oxygens (including phenoxy) is 1. The Hall–Kier alpha value is -0.810. The van der Waals surface area contributed by atoms with Crippen LogP contribution in [0, 0.1) is 0 Å². The van der Waals surface area contributed by atoms with Gasteiger partial charge in [-0.25, -0.2) is 0 Å². The first-order valence-electron chi connectivity index (χ1n) is 6.66. The van der Waals surface area contributed by atoms with E-state index in [1.54, 1.807) is 7.11 Å². The van der Waals surface area contributed by atoms with Crippen molar-refractivity contribution in [3.05, 3.63) is 22.4 Å². The molecule has 1 atom stereocenters. The van der Waals surface area contributed by atoms with Crippen molar-refractivity contribution in [1.82, 2.24) is 9.88 Å². The third-order valence-corrected chi connectivity index (χ3v) is 3.38. The minimum atomic E-state index is -0.0464. The summed E-state index contributed by atoms with van der Waals surface area (Å²) in [6, 6.07) is 2.17. The van der Waals surface area contributed by atoms with E-state index in [0.29, 0.717) is 12.3 Å². The Morgan fingerprint density at radius 1 is 1.53 bits per heavy atom. The topological polar surface area (TPSA) is 43.3 Å². The Labute approximate surface area is 123 Å². The Morgan fingerprint density at radius 2 is 2.21 bits per heavy atom. The molecule has 0 bridgehead atoms. The fraction of sp³-hybridized carbons (Fsp3) is 0.643. The van der Waals surface area contributed by atoms with Crippen LogP contribution < -0.4 is 5.32 Å². The number of nitrogens with zero attached hydrogens (tertiary/aromatic N) is 1. The second kappa shape index (κ2) is 7.70. The van der Waals surface area contributed by atoms with Crippen molar-refractivity contribution in [3.8, 4) is 0 Å². The van der Waals surface area contributed by atoms with E-state index in [2.05, 4.69) is 42.0 Å². The number of nitrogens with one attached hydrogen (secondary N) is 1. The number of methoxy groups -OCH3 is 1. The first-order valence-corrected chi connectivity index (χ1v) is 7.46. The molecule has 108 valence electrons. The average Bonchev–Trinajstić information content (AvgIpc) is 2.72. The molecule has 1 amide bonds. The first-order chi connectivity index (χ1) is 8.99. The van der Waals surface area contributed by atoms with E-state index >= 15 is 0 Å². The van der Waals surface area contributed by atoms with Gasteiger partial charge in [0.25, 0.3) is 5.91 Å². The highest BCUT2D eigenvalue weighted by atomic mass is 79.9. The Bertz CT molecular complexity index is 410. The summed E-state index contributed by atoms with van der Waals surface area (Å²) in [5, 5.41) is 3.04. The minimum Gasteiger partial charge on any atom is -0.383 e. The predicted molar refractivity (Wildman–Crippen MR) is 80.6 cm³/mol. The van der Waals surface area contributed by atoms with E-state index in [9.17, 15) is 4.79 Å². The van der Waals surface area contributed by atoms with Gasteiger partial charge in [0, 0.05) is 23.8 Å². The highest BCUT2D eigenvalue weighted by molar-refractivity contribution is 9.10. The molecule has 0 spiro atoms. The van der Waals surface area contributed by atoms with Gasteiger partial charge in [-0.1, -0.05) is 13.3 Å². The van der Waals surface area contributed by atoms with Crippen LogP contribution in [0.15, 0.2) is 16.7 Å². The molecule has 1 aromatic rings. The van der Waals surface area contributed by atoms with Gasteiger partial charge in [-0.3, -0.25) is 4.79 Å². The normalized spacial score (nSPS) is 12.7. The molecule has 1 N–H and O–H groups in total. The van der Waals surface area contributed by atoms with Crippen molar-refractivity contribution < 1.29 is 9.53 Å². The molecule has 1 heterocycles. The quantitative estimate of drug-likeness (QED) is 0.832. The molecular weight excluding hydrogens is 308 g/mol. The smallest absolute Gasteiger partial charge is 0.268 e. The molecule has 4 nitrogen and oxygen atoms in total. The lowest BCUT2D eigenvalue weighted by Gasteiger charge is -2.19. The summed E-state index contributed by atoms with van der Waals surface area (Å²) in [5.41, 5.74) is 0.680. The van der Waals surface area contributed by atoms with E-state index in [-0.39, 0.29) is 18.0 Å². The molecule has 1 aromatic heterocycles. The van der Waals surface area contributed by atoms with Crippen LogP contribution in [0.25, 0.3) is 0 Å². The maximum Gasteiger partial charge on any atom is 0.268 e. The molecule has 0 saturated carbocycles. The van der Waals surface area contributed by atoms with Crippen LogP contribution in [0.3, 0.4) is 0 Å². The minimum absolute atomic E-state index is 0.0464. The SMILES string of the molecule is CCCC(COC)NC(=O)c1cc(Br)cn1C(C)C. The molecule has 0 fully saturated rings. The fourth-order valence-corrected chi connectivity index (χ4v) is 2.50. The van der Waals surface area contributed by atoms with Crippen molar-refractivity contribution in [1.29, 1.82) is 0 Å². The van der Waals surface area contributed by atoms with Crippen molar-refractivity contribution in [2.24, 2.45) is 0 Å². The van der Waals surface area contributed by atoms with Gasteiger partial charge in [0.2, 0.25) is 0 Å². The van der Waals surface area contributed by atoms with Crippen LogP contribution >= 0.6 is 15.9 Å². The van der Waals surface area contributed by atoms with E-state index in [1.165, 1.54) is 0 Å². The molecule has 1 rings (SSSR count). The highest BCUT2D eigenvalue weighted by Gasteiger charge is 2.18. The second-order valence-electron chi connectivity index (χ2n) is 4.96. The van der Waals surface area contributed by atoms with Crippen LogP contribution in [-0.2, 0) is 4.74 Å². The number of amides is 1. The van der Waals surface area contributed by atoms with Gasteiger partial charge < -0.3 is 14.6 Å². The van der Waals surface area contributed by atoms with Crippen LogP contribution in [0.5, 0.6) is 0 Å². The second-order valence-corrected chi connectivity index (χ2v) is 5.87.